The van der Waals surface area contributed by atoms with Crippen molar-refractivity contribution in [1.29, 1.82) is 5.26 Å². The fourth-order valence-electron chi connectivity index (χ4n) is 1.65. The van der Waals surface area contributed by atoms with Crippen molar-refractivity contribution in [3.63, 3.8) is 0 Å². The minimum Gasteiger partial charge on any atom is -0.386 e. The van der Waals surface area contributed by atoms with Crippen LogP contribution in [0.2, 0.25) is 0 Å². The minimum absolute atomic E-state index is 0.0705. The summed E-state index contributed by atoms with van der Waals surface area (Å²) in [5.41, 5.74) is 3.70. The Morgan fingerprint density at radius 1 is 1.37 bits per heavy atom. The summed E-state index contributed by atoms with van der Waals surface area (Å²) < 4.78 is 7.36. The van der Waals surface area contributed by atoms with Gasteiger partial charge >= 0.3 is 0 Å². The van der Waals surface area contributed by atoms with Crippen molar-refractivity contribution in [1.82, 2.24) is 4.67 Å². The van der Waals surface area contributed by atoms with E-state index in [-0.39, 0.29) is 40.4 Å². The molecular formula is C12H26N3O3P. The SMILES string of the molecule is CC(C)N(P[C@@](O)(OCCC#N)[C@@H](O)CN)C(C)C. The Balaban J connectivity index is 4.87. The minimum atomic E-state index is -1.72. The average Bonchev–Trinajstić information content (AvgIpc) is 2.34. The van der Waals surface area contributed by atoms with Crippen molar-refractivity contribution >= 4 is 8.73 Å². The number of aliphatic hydroxyl groups excluding tert-OH is 1. The first-order valence-electron chi connectivity index (χ1n) is 6.46. The Kier molecular flexibility index (Phi) is 8.67. The first kappa shape index (κ1) is 18.7. The van der Waals surface area contributed by atoms with E-state index in [4.69, 9.17) is 15.7 Å². The first-order valence-corrected chi connectivity index (χ1v) is 7.40. The highest BCUT2D eigenvalue weighted by molar-refractivity contribution is 7.36. The molecule has 0 saturated carbocycles. The second kappa shape index (κ2) is 8.80. The van der Waals surface area contributed by atoms with Gasteiger partial charge in [-0.25, -0.2) is 0 Å². The van der Waals surface area contributed by atoms with Crippen molar-refractivity contribution in [2.45, 2.75) is 57.8 Å². The molecule has 0 spiro atoms. The predicted molar refractivity (Wildman–Crippen MR) is 76.6 cm³/mol. The van der Waals surface area contributed by atoms with E-state index in [2.05, 4.69) is 0 Å². The van der Waals surface area contributed by atoms with Crippen molar-refractivity contribution < 1.29 is 14.9 Å². The summed E-state index contributed by atoms with van der Waals surface area (Å²) in [5, 5.41) is 28.9. The maximum Gasteiger partial charge on any atom is 0.223 e. The normalized spacial score (nSPS) is 17.3. The van der Waals surface area contributed by atoms with E-state index in [1.807, 2.05) is 38.4 Å². The molecule has 0 saturated heterocycles. The second-order valence-electron chi connectivity index (χ2n) is 4.91. The number of rotatable bonds is 9. The molecule has 19 heavy (non-hydrogen) atoms. The zero-order valence-electron chi connectivity index (χ0n) is 12.1. The number of nitrogens with zero attached hydrogens (tertiary/aromatic N) is 2. The standard InChI is InChI=1S/C12H26N3O3P/c1-9(2)15(10(3)4)19-12(17,11(16)8-14)18-7-5-6-13/h9-11,16-17,19H,5,7-8,14H2,1-4H3/t11-,12-/m0/s1. The Labute approximate surface area is 117 Å². The monoisotopic (exact) mass is 291 g/mol. The lowest BCUT2D eigenvalue weighted by atomic mass is 10.3. The molecular weight excluding hydrogens is 265 g/mol. The summed E-state index contributed by atoms with van der Waals surface area (Å²) in [5.74, 6) is 0. The maximum atomic E-state index is 10.5. The molecule has 0 aromatic rings. The van der Waals surface area contributed by atoms with Crippen molar-refractivity contribution in [3.8, 4) is 6.07 Å². The highest BCUT2D eigenvalue weighted by Gasteiger charge is 2.39. The van der Waals surface area contributed by atoms with Gasteiger partial charge in [0, 0.05) is 27.4 Å². The lowest BCUT2D eigenvalue weighted by molar-refractivity contribution is -0.192. The molecule has 0 fully saturated rings. The van der Waals surface area contributed by atoms with Crippen LogP contribution in [0, 0.1) is 11.3 Å². The Hall–Kier alpha value is -0.280. The fraction of sp³-hybridized carbons (Fsp3) is 0.917. The lowest BCUT2D eigenvalue weighted by Crippen LogP contribution is -2.49. The molecule has 112 valence electrons. The van der Waals surface area contributed by atoms with Crippen molar-refractivity contribution in [3.05, 3.63) is 0 Å². The van der Waals surface area contributed by atoms with E-state index in [1.165, 1.54) is 0 Å². The maximum absolute atomic E-state index is 10.5. The van der Waals surface area contributed by atoms with Crippen molar-refractivity contribution in [2.24, 2.45) is 5.73 Å². The quantitative estimate of drug-likeness (QED) is 0.326. The molecule has 0 heterocycles. The highest BCUT2D eigenvalue weighted by atomic mass is 31.1. The van der Waals surface area contributed by atoms with Crippen LogP contribution in [0.25, 0.3) is 0 Å². The topological polar surface area (TPSA) is 103 Å². The first-order chi connectivity index (χ1) is 8.78. The largest absolute Gasteiger partial charge is 0.386 e. The molecule has 0 rings (SSSR count). The Morgan fingerprint density at radius 2 is 1.89 bits per heavy atom. The third-order valence-corrected chi connectivity index (χ3v) is 4.70. The smallest absolute Gasteiger partial charge is 0.223 e. The van der Waals surface area contributed by atoms with Crippen molar-refractivity contribution in [2.75, 3.05) is 13.2 Å². The summed E-state index contributed by atoms with van der Waals surface area (Å²) >= 11 is 0. The van der Waals surface area contributed by atoms with Gasteiger partial charge in [0.15, 0.2) is 0 Å². The molecule has 0 aliphatic carbocycles. The summed E-state index contributed by atoms with van der Waals surface area (Å²) in [6.07, 6.45) is -1.02. The molecule has 1 unspecified atom stereocenters. The zero-order chi connectivity index (χ0) is 15.1. The third kappa shape index (κ3) is 6.13. The Bertz CT molecular complexity index is 288. The predicted octanol–water partition coefficient (Wildman–Crippen LogP) is 0.595. The number of hydrogen-bond donors (Lipinski definition) is 3. The third-order valence-electron chi connectivity index (χ3n) is 2.61. The van der Waals surface area contributed by atoms with E-state index in [9.17, 15) is 10.2 Å². The molecule has 0 bridgehead atoms. The van der Waals surface area contributed by atoms with Gasteiger partial charge in [0.2, 0.25) is 5.53 Å². The van der Waals surface area contributed by atoms with Gasteiger partial charge in [-0.15, -0.1) is 0 Å². The number of aliphatic hydroxyl groups is 2. The summed E-state index contributed by atoms with van der Waals surface area (Å²) in [6, 6.07) is 2.34. The van der Waals surface area contributed by atoms with E-state index in [0.717, 1.165) is 0 Å². The summed E-state index contributed by atoms with van der Waals surface area (Å²) in [4.78, 5) is 0. The Morgan fingerprint density at radius 3 is 2.26 bits per heavy atom. The van der Waals surface area contributed by atoms with Gasteiger partial charge in [0.25, 0.3) is 0 Å². The molecule has 0 aromatic heterocycles. The van der Waals surface area contributed by atoms with Crippen LogP contribution in [0.5, 0.6) is 0 Å². The van der Waals surface area contributed by atoms with Gasteiger partial charge in [0.1, 0.15) is 6.10 Å². The van der Waals surface area contributed by atoms with E-state index in [0.29, 0.717) is 0 Å². The molecule has 0 aliphatic rings. The second-order valence-corrected chi connectivity index (χ2v) is 6.37. The van der Waals surface area contributed by atoms with E-state index in [1.54, 1.807) is 0 Å². The molecule has 0 radical (unpaired) electrons. The molecule has 6 nitrogen and oxygen atoms in total. The number of ether oxygens (including phenoxy) is 1. The number of hydrogen-bond acceptors (Lipinski definition) is 6. The van der Waals surface area contributed by atoms with Crippen LogP contribution >= 0.6 is 8.73 Å². The van der Waals surface area contributed by atoms with Gasteiger partial charge in [-0.2, -0.15) is 5.26 Å². The summed E-state index contributed by atoms with van der Waals surface area (Å²) in [6.45, 7) is 8.02. The van der Waals surface area contributed by atoms with Gasteiger partial charge < -0.3 is 20.7 Å². The van der Waals surface area contributed by atoms with Crippen LogP contribution in [0.4, 0.5) is 0 Å². The van der Waals surface area contributed by atoms with Crippen LogP contribution < -0.4 is 5.73 Å². The molecule has 3 atom stereocenters. The van der Waals surface area contributed by atoms with Gasteiger partial charge in [-0.05, 0) is 27.7 Å². The fourth-order valence-corrected chi connectivity index (χ4v) is 2.97. The number of nitriles is 1. The molecule has 7 heteroatoms. The van der Waals surface area contributed by atoms with Gasteiger partial charge in [-0.3, -0.25) is 4.67 Å². The molecule has 4 N–H and O–H groups in total. The molecule has 0 aliphatic heterocycles. The molecule has 0 aromatic carbocycles. The van der Waals surface area contributed by atoms with Crippen LogP contribution in [-0.4, -0.2) is 51.8 Å². The van der Waals surface area contributed by atoms with Gasteiger partial charge in [-0.1, -0.05) is 0 Å². The van der Waals surface area contributed by atoms with E-state index >= 15 is 0 Å². The van der Waals surface area contributed by atoms with Crippen LogP contribution in [-0.2, 0) is 4.74 Å². The van der Waals surface area contributed by atoms with Crippen LogP contribution in [0.15, 0.2) is 0 Å². The number of nitrogens with two attached hydrogens (primary N) is 1. The van der Waals surface area contributed by atoms with Gasteiger partial charge in [0.05, 0.1) is 19.1 Å². The summed E-state index contributed by atoms with van der Waals surface area (Å²) in [7, 11) is -0.146. The lowest BCUT2D eigenvalue weighted by Gasteiger charge is -2.40. The zero-order valence-corrected chi connectivity index (χ0v) is 13.1. The molecule has 0 amide bonds. The van der Waals surface area contributed by atoms with E-state index < -0.39 is 11.6 Å². The highest BCUT2D eigenvalue weighted by Crippen LogP contribution is 2.39. The average molecular weight is 291 g/mol. The van der Waals surface area contributed by atoms with Crippen LogP contribution in [0.3, 0.4) is 0 Å². The van der Waals surface area contributed by atoms with Crippen LogP contribution in [0.1, 0.15) is 34.1 Å².